The van der Waals surface area contributed by atoms with Crippen LogP contribution in [0.5, 0.6) is 11.5 Å². The van der Waals surface area contributed by atoms with E-state index in [1.807, 2.05) is 12.1 Å². The smallest absolute Gasteiger partial charge is 0.254 e. The third-order valence-electron chi connectivity index (χ3n) is 5.16. The van der Waals surface area contributed by atoms with Crippen molar-refractivity contribution in [2.75, 3.05) is 26.1 Å². The van der Waals surface area contributed by atoms with Gasteiger partial charge in [0.25, 0.3) is 5.91 Å². The molecule has 1 aromatic heterocycles. The highest BCUT2D eigenvalue weighted by Crippen LogP contribution is 2.29. The zero-order chi connectivity index (χ0) is 22.7. The van der Waals surface area contributed by atoms with Crippen LogP contribution in [0.2, 0.25) is 5.02 Å². The third-order valence-corrected chi connectivity index (χ3v) is 6.30. The summed E-state index contributed by atoms with van der Waals surface area (Å²) in [5.74, 6) is 0.483. The number of anilines is 1. The van der Waals surface area contributed by atoms with Gasteiger partial charge in [-0.15, -0.1) is 10.2 Å². The number of likely N-dealkylation sites (tertiary alicyclic amines) is 1. The second-order valence-corrected chi connectivity index (χ2v) is 8.58. The number of nitrogens with one attached hydrogen (secondary N) is 1. The van der Waals surface area contributed by atoms with Gasteiger partial charge in [0.15, 0.2) is 0 Å². The van der Waals surface area contributed by atoms with Crippen LogP contribution in [0.3, 0.4) is 0 Å². The number of carbonyl (C=O) groups is 2. The van der Waals surface area contributed by atoms with E-state index in [9.17, 15) is 9.59 Å². The number of carbonyl (C=O) groups excluding carboxylic acids is 2. The molecule has 1 unspecified atom stereocenters. The van der Waals surface area contributed by atoms with E-state index >= 15 is 0 Å². The molecule has 166 valence electrons. The van der Waals surface area contributed by atoms with Gasteiger partial charge in [0.05, 0.1) is 14.2 Å². The summed E-state index contributed by atoms with van der Waals surface area (Å²) in [5, 5.41) is 12.7. The van der Waals surface area contributed by atoms with Crippen LogP contribution in [-0.4, -0.2) is 53.7 Å². The SMILES string of the molecule is COc1cc(OC)cc(C(=O)N2CCCC2C(=O)Nc2nnc(-c3ccc(Cl)cc3)s2)c1. The van der Waals surface area contributed by atoms with Crippen LogP contribution in [0.4, 0.5) is 5.13 Å². The molecule has 1 N–H and O–H groups in total. The van der Waals surface area contributed by atoms with E-state index in [4.69, 9.17) is 21.1 Å². The van der Waals surface area contributed by atoms with Gasteiger partial charge in [-0.3, -0.25) is 14.9 Å². The number of rotatable bonds is 6. The van der Waals surface area contributed by atoms with Crippen molar-refractivity contribution in [1.29, 1.82) is 0 Å². The van der Waals surface area contributed by atoms with E-state index in [1.54, 1.807) is 35.2 Å². The highest BCUT2D eigenvalue weighted by atomic mass is 35.5. The Balaban J connectivity index is 1.48. The van der Waals surface area contributed by atoms with Crippen molar-refractivity contribution in [3.63, 3.8) is 0 Å². The van der Waals surface area contributed by atoms with Crippen molar-refractivity contribution in [3.8, 4) is 22.1 Å². The van der Waals surface area contributed by atoms with Crippen molar-refractivity contribution >= 4 is 39.9 Å². The molecule has 1 aliphatic heterocycles. The maximum absolute atomic E-state index is 13.2. The van der Waals surface area contributed by atoms with Crippen LogP contribution in [0, 0.1) is 0 Å². The lowest BCUT2D eigenvalue weighted by Crippen LogP contribution is -2.43. The maximum Gasteiger partial charge on any atom is 0.254 e. The Morgan fingerprint density at radius 1 is 1.09 bits per heavy atom. The second kappa shape index (κ2) is 9.54. The van der Waals surface area contributed by atoms with E-state index in [0.29, 0.717) is 45.2 Å². The van der Waals surface area contributed by atoms with E-state index in [2.05, 4.69) is 15.5 Å². The van der Waals surface area contributed by atoms with Crippen LogP contribution in [0.25, 0.3) is 10.6 Å². The molecule has 1 saturated heterocycles. The summed E-state index contributed by atoms with van der Waals surface area (Å²) in [4.78, 5) is 27.7. The first-order valence-electron chi connectivity index (χ1n) is 9.93. The van der Waals surface area contributed by atoms with Gasteiger partial charge in [-0.1, -0.05) is 35.1 Å². The molecular formula is C22H21ClN4O4S. The third kappa shape index (κ3) is 4.68. The van der Waals surface area contributed by atoms with Gasteiger partial charge in [-0.25, -0.2) is 0 Å². The summed E-state index contributed by atoms with van der Waals surface area (Å²) >= 11 is 7.19. The highest BCUT2D eigenvalue weighted by Gasteiger charge is 2.35. The molecular weight excluding hydrogens is 452 g/mol. The molecule has 2 heterocycles. The number of amides is 2. The molecule has 3 aromatic rings. The molecule has 1 aliphatic rings. The second-order valence-electron chi connectivity index (χ2n) is 7.17. The number of halogens is 1. The van der Waals surface area contributed by atoms with Crippen molar-refractivity contribution in [2.24, 2.45) is 0 Å². The fourth-order valence-corrected chi connectivity index (χ4v) is 4.43. The van der Waals surface area contributed by atoms with E-state index < -0.39 is 6.04 Å². The molecule has 0 radical (unpaired) electrons. The van der Waals surface area contributed by atoms with Gasteiger partial charge >= 0.3 is 0 Å². The average Bonchev–Trinajstić information content (AvgIpc) is 3.48. The van der Waals surface area contributed by atoms with Gasteiger partial charge in [0, 0.05) is 28.8 Å². The molecule has 4 rings (SSSR count). The number of hydrogen-bond donors (Lipinski definition) is 1. The van der Waals surface area contributed by atoms with Crippen LogP contribution in [0.1, 0.15) is 23.2 Å². The minimum atomic E-state index is -0.595. The van der Waals surface area contributed by atoms with Crippen molar-refractivity contribution < 1.29 is 19.1 Å². The summed E-state index contributed by atoms with van der Waals surface area (Å²) in [7, 11) is 3.05. The normalized spacial score (nSPS) is 15.5. The molecule has 10 heteroatoms. The molecule has 1 fully saturated rings. The molecule has 2 aromatic carbocycles. The monoisotopic (exact) mass is 472 g/mol. The lowest BCUT2D eigenvalue weighted by Gasteiger charge is -2.24. The lowest BCUT2D eigenvalue weighted by atomic mass is 10.1. The minimum Gasteiger partial charge on any atom is -0.497 e. The number of aromatic nitrogens is 2. The summed E-state index contributed by atoms with van der Waals surface area (Å²) in [6.45, 7) is 0.489. The Bertz CT molecular complexity index is 1110. The number of hydrogen-bond acceptors (Lipinski definition) is 7. The Labute approximate surface area is 194 Å². The first-order chi connectivity index (χ1) is 15.5. The maximum atomic E-state index is 13.2. The summed E-state index contributed by atoms with van der Waals surface area (Å²) < 4.78 is 10.5. The topological polar surface area (TPSA) is 93.7 Å². The minimum absolute atomic E-state index is 0.251. The molecule has 8 nitrogen and oxygen atoms in total. The zero-order valence-electron chi connectivity index (χ0n) is 17.5. The Morgan fingerprint density at radius 2 is 1.78 bits per heavy atom. The van der Waals surface area contributed by atoms with Crippen LogP contribution in [0.15, 0.2) is 42.5 Å². The van der Waals surface area contributed by atoms with Crippen molar-refractivity contribution in [3.05, 3.63) is 53.1 Å². The predicted molar refractivity (Wildman–Crippen MR) is 123 cm³/mol. The summed E-state index contributed by atoms with van der Waals surface area (Å²) in [6, 6.07) is 11.6. The van der Waals surface area contributed by atoms with Gasteiger partial charge in [-0.05, 0) is 37.1 Å². The van der Waals surface area contributed by atoms with E-state index in [-0.39, 0.29) is 11.8 Å². The average molecular weight is 473 g/mol. The quantitative estimate of drug-likeness (QED) is 0.580. The molecule has 32 heavy (non-hydrogen) atoms. The highest BCUT2D eigenvalue weighted by molar-refractivity contribution is 7.18. The molecule has 0 spiro atoms. The van der Waals surface area contributed by atoms with Crippen LogP contribution < -0.4 is 14.8 Å². The predicted octanol–water partition coefficient (Wildman–Crippen LogP) is 4.12. The van der Waals surface area contributed by atoms with Crippen LogP contribution in [-0.2, 0) is 4.79 Å². The number of methoxy groups -OCH3 is 2. The molecule has 1 atom stereocenters. The van der Waals surface area contributed by atoms with Gasteiger partial charge in [-0.2, -0.15) is 0 Å². The van der Waals surface area contributed by atoms with Crippen molar-refractivity contribution in [1.82, 2.24) is 15.1 Å². The Kier molecular flexibility index (Phi) is 6.57. The van der Waals surface area contributed by atoms with Gasteiger partial charge < -0.3 is 14.4 Å². The molecule has 0 bridgehead atoms. The van der Waals surface area contributed by atoms with Gasteiger partial charge in [0.2, 0.25) is 11.0 Å². The van der Waals surface area contributed by atoms with Gasteiger partial charge in [0.1, 0.15) is 22.5 Å². The molecule has 0 aliphatic carbocycles. The largest absolute Gasteiger partial charge is 0.497 e. The number of benzene rings is 2. The molecule has 2 amide bonds. The summed E-state index contributed by atoms with van der Waals surface area (Å²) in [5.41, 5.74) is 1.26. The van der Waals surface area contributed by atoms with E-state index in [0.717, 1.165) is 12.0 Å². The fourth-order valence-electron chi connectivity index (χ4n) is 3.55. The fraction of sp³-hybridized carbons (Fsp3) is 0.273. The summed E-state index contributed by atoms with van der Waals surface area (Å²) in [6.07, 6.45) is 1.30. The molecule has 0 saturated carbocycles. The number of nitrogens with zero attached hydrogens (tertiary/aromatic N) is 3. The number of ether oxygens (including phenoxy) is 2. The standard InChI is InChI=1S/C22H21ClN4O4S/c1-30-16-10-14(11-17(12-16)31-2)21(29)27-9-3-4-18(27)19(28)24-22-26-25-20(32-22)13-5-7-15(23)8-6-13/h5-8,10-12,18H,3-4,9H2,1-2H3,(H,24,26,28). The zero-order valence-corrected chi connectivity index (χ0v) is 19.1. The van der Waals surface area contributed by atoms with E-state index in [1.165, 1.54) is 25.6 Å². The van der Waals surface area contributed by atoms with Crippen molar-refractivity contribution in [2.45, 2.75) is 18.9 Å². The Morgan fingerprint density at radius 3 is 2.44 bits per heavy atom. The first kappa shape index (κ1) is 22.0. The first-order valence-corrected chi connectivity index (χ1v) is 11.1. The Hall–Kier alpha value is -3.17. The lowest BCUT2D eigenvalue weighted by molar-refractivity contribution is -0.119. The van der Waals surface area contributed by atoms with Crippen LogP contribution >= 0.6 is 22.9 Å².